The topological polar surface area (TPSA) is 38.3 Å². The summed E-state index contributed by atoms with van der Waals surface area (Å²) < 4.78 is 18.5. The van der Waals surface area contributed by atoms with Crippen LogP contribution in [0.2, 0.25) is 0 Å². The van der Waals surface area contributed by atoms with Gasteiger partial charge in [0.2, 0.25) is 6.23 Å². The molecule has 0 unspecified atom stereocenters. The van der Waals surface area contributed by atoms with Crippen molar-refractivity contribution in [3.05, 3.63) is 65.0 Å². The highest BCUT2D eigenvalue weighted by molar-refractivity contribution is 5.94. The van der Waals surface area contributed by atoms with E-state index in [4.69, 9.17) is 4.74 Å². The Labute approximate surface area is 110 Å². The number of hydrogen-bond donors (Lipinski definition) is 1. The minimum Gasteiger partial charge on any atom is -0.434 e. The molecule has 4 heteroatoms. The van der Waals surface area contributed by atoms with Crippen molar-refractivity contribution in [1.82, 2.24) is 0 Å². The van der Waals surface area contributed by atoms with Gasteiger partial charge in [-0.1, -0.05) is 24.3 Å². The van der Waals surface area contributed by atoms with Crippen molar-refractivity contribution < 1.29 is 13.9 Å². The zero-order valence-corrected chi connectivity index (χ0v) is 10.3. The number of rotatable bonds is 2. The first-order valence-electron chi connectivity index (χ1n) is 5.98. The lowest BCUT2D eigenvalue weighted by atomic mass is 10.1. The Morgan fingerprint density at radius 1 is 1.21 bits per heavy atom. The number of halogens is 1. The molecule has 1 aliphatic rings. The first-order chi connectivity index (χ1) is 9.15. The number of benzene rings is 2. The van der Waals surface area contributed by atoms with Gasteiger partial charge in [0.05, 0.1) is 5.56 Å². The van der Waals surface area contributed by atoms with E-state index >= 15 is 0 Å². The molecule has 0 spiro atoms. The summed E-state index contributed by atoms with van der Waals surface area (Å²) in [4.78, 5) is 11.7. The van der Waals surface area contributed by atoms with Gasteiger partial charge >= 0.3 is 5.97 Å². The van der Waals surface area contributed by atoms with Gasteiger partial charge in [-0.2, -0.15) is 0 Å². The number of carbonyl (C=O) groups is 1. The third-order valence-corrected chi connectivity index (χ3v) is 3.17. The van der Waals surface area contributed by atoms with Crippen LogP contribution in [0.4, 0.5) is 10.1 Å². The fourth-order valence-corrected chi connectivity index (χ4v) is 2.14. The summed E-state index contributed by atoms with van der Waals surface area (Å²) in [6, 6.07) is 11.6. The number of esters is 1. The standard InChI is InChI=1S/C15H12FNO2/c1-9-6-7-10(16)8-13(9)17-14-11-4-2-3-5-12(11)15(18)19-14/h2-8,14,17H,1H3/t14-/m1/s1. The lowest BCUT2D eigenvalue weighted by Crippen LogP contribution is -2.11. The fourth-order valence-electron chi connectivity index (χ4n) is 2.14. The molecule has 0 saturated heterocycles. The molecule has 3 nitrogen and oxygen atoms in total. The van der Waals surface area contributed by atoms with E-state index in [0.29, 0.717) is 11.3 Å². The maximum Gasteiger partial charge on any atom is 0.340 e. The van der Waals surface area contributed by atoms with Crippen LogP contribution < -0.4 is 5.32 Å². The zero-order valence-electron chi connectivity index (χ0n) is 10.3. The number of nitrogens with one attached hydrogen (secondary N) is 1. The molecule has 0 radical (unpaired) electrons. The smallest absolute Gasteiger partial charge is 0.340 e. The molecule has 2 aromatic rings. The quantitative estimate of drug-likeness (QED) is 0.838. The second-order valence-electron chi connectivity index (χ2n) is 4.48. The Bertz CT molecular complexity index is 654. The van der Waals surface area contributed by atoms with Gasteiger partial charge in [0, 0.05) is 11.3 Å². The molecule has 0 saturated carbocycles. The lowest BCUT2D eigenvalue weighted by Gasteiger charge is -2.16. The van der Waals surface area contributed by atoms with Crippen molar-refractivity contribution in [1.29, 1.82) is 0 Å². The third kappa shape index (κ3) is 2.05. The summed E-state index contributed by atoms with van der Waals surface area (Å²) in [7, 11) is 0. The van der Waals surface area contributed by atoms with Gasteiger partial charge < -0.3 is 10.1 Å². The van der Waals surface area contributed by atoms with Gasteiger partial charge in [0.15, 0.2) is 0 Å². The van der Waals surface area contributed by atoms with Crippen LogP contribution in [-0.4, -0.2) is 5.97 Å². The number of aryl methyl sites for hydroxylation is 1. The molecule has 2 aromatic carbocycles. The first kappa shape index (κ1) is 11.7. The Morgan fingerprint density at radius 2 is 2.00 bits per heavy atom. The maximum absolute atomic E-state index is 13.2. The molecule has 1 aliphatic heterocycles. The number of anilines is 1. The molecule has 0 amide bonds. The Hall–Kier alpha value is -2.36. The van der Waals surface area contributed by atoms with Crippen LogP contribution in [0.1, 0.15) is 27.7 Å². The number of carbonyl (C=O) groups excluding carboxylic acids is 1. The van der Waals surface area contributed by atoms with Crippen LogP contribution >= 0.6 is 0 Å². The van der Waals surface area contributed by atoms with E-state index in [2.05, 4.69) is 5.32 Å². The van der Waals surface area contributed by atoms with E-state index < -0.39 is 6.23 Å². The highest BCUT2D eigenvalue weighted by Gasteiger charge is 2.30. The number of cyclic esters (lactones) is 1. The van der Waals surface area contributed by atoms with E-state index in [-0.39, 0.29) is 11.8 Å². The van der Waals surface area contributed by atoms with E-state index in [1.807, 2.05) is 19.1 Å². The average molecular weight is 257 g/mol. The van der Waals surface area contributed by atoms with Gasteiger partial charge in [-0.05, 0) is 30.7 Å². The molecule has 0 aromatic heterocycles. The molecule has 0 aliphatic carbocycles. The lowest BCUT2D eigenvalue weighted by molar-refractivity contribution is 0.0437. The van der Waals surface area contributed by atoms with Crippen LogP contribution in [0.25, 0.3) is 0 Å². The number of hydrogen-bond acceptors (Lipinski definition) is 3. The Morgan fingerprint density at radius 3 is 2.84 bits per heavy atom. The predicted octanol–water partition coefficient (Wildman–Crippen LogP) is 3.42. The van der Waals surface area contributed by atoms with E-state index in [0.717, 1.165) is 11.1 Å². The molecule has 0 fully saturated rings. The zero-order chi connectivity index (χ0) is 13.4. The monoisotopic (exact) mass is 257 g/mol. The molecule has 96 valence electrons. The van der Waals surface area contributed by atoms with Crippen LogP contribution in [0.15, 0.2) is 42.5 Å². The van der Waals surface area contributed by atoms with Crippen LogP contribution in [0.3, 0.4) is 0 Å². The number of fused-ring (bicyclic) bond motifs is 1. The fraction of sp³-hybridized carbons (Fsp3) is 0.133. The van der Waals surface area contributed by atoms with Crippen LogP contribution in [0, 0.1) is 12.7 Å². The summed E-state index contributed by atoms with van der Waals surface area (Å²) >= 11 is 0. The maximum atomic E-state index is 13.2. The molecule has 1 N–H and O–H groups in total. The van der Waals surface area contributed by atoms with Crippen molar-refractivity contribution >= 4 is 11.7 Å². The predicted molar refractivity (Wildman–Crippen MR) is 69.4 cm³/mol. The second-order valence-corrected chi connectivity index (χ2v) is 4.48. The molecular formula is C15H12FNO2. The SMILES string of the molecule is Cc1ccc(F)cc1N[C@@H]1OC(=O)c2ccccc21. The van der Waals surface area contributed by atoms with Crippen molar-refractivity contribution in [3.8, 4) is 0 Å². The molecule has 0 bridgehead atoms. The van der Waals surface area contributed by atoms with Gasteiger partial charge in [0.1, 0.15) is 5.82 Å². The van der Waals surface area contributed by atoms with Gasteiger partial charge in [0.25, 0.3) is 0 Å². The average Bonchev–Trinajstić information content (AvgIpc) is 2.72. The van der Waals surface area contributed by atoms with Crippen molar-refractivity contribution in [2.75, 3.05) is 5.32 Å². The number of ether oxygens (including phenoxy) is 1. The van der Waals surface area contributed by atoms with Gasteiger partial charge in [-0.3, -0.25) is 0 Å². The molecule has 1 heterocycles. The first-order valence-corrected chi connectivity index (χ1v) is 5.98. The molecular weight excluding hydrogens is 245 g/mol. The normalized spacial score (nSPS) is 16.9. The van der Waals surface area contributed by atoms with Crippen molar-refractivity contribution in [2.45, 2.75) is 13.2 Å². The third-order valence-electron chi connectivity index (χ3n) is 3.17. The highest BCUT2D eigenvalue weighted by atomic mass is 19.1. The van der Waals surface area contributed by atoms with Crippen molar-refractivity contribution in [2.24, 2.45) is 0 Å². The van der Waals surface area contributed by atoms with Gasteiger partial charge in [-0.25, -0.2) is 9.18 Å². The molecule has 1 atom stereocenters. The molecule has 3 rings (SSSR count). The second kappa shape index (κ2) is 4.39. The van der Waals surface area contributed by atoms with E-state index in [9.17, 15) is 9.18 Å². The van der Waals surface area contributed by atoms with Crippen LogP contribution in [-0.2, 0) is 4.74 Å². The minimum atomic E-state index is -0.566. The summed E-state index contributed by atoms with van der Waals surface area (Å²) in [5.41, 5.74) is 2.83. The summed E-state index contributed by atoms with van der Waals surface area (Å²) in [6.45, 7) is 1.87. The summed E-state index contributed by atoms with van der Waals surface area (Å²) in [5, 5.41) is 3.05. The van der Waals surface area contributed by atoms with Crippen LogP contribution in [0.5, 0.6) is 0 Å². The molecule has 19 heavy (non-hydrogen) atoms. The Kier molecular flexibility index (Phi) is 2.71. The summed E-state index contributed by atoms with van der Waals surface area (Å²) in [5.74, 6) is -0.687. The Balaban J connectivity index is 1.93. The van der Waals surface area contributed by atoms with E-state index in [1.54, 1.807) is 18.2 Å². The summed E-state index contributed by atoms with van der Waals surface area (Å²) in [6.07, 6.45) is -0.566. The van der Waals surface area contributed by atoms with Crippen molar-refractivity contribution in [3.63, 3.8) is 0 Å². The highest BCUT2D eigenvalue weighted by Crippen LogP contribution is 2.32. The van der Waals surface area contributed by atoms with E-state index in [1.165, 1.54) is 12.1 Å². The largest absolute Gasteiger partial charge is 0.434 e. The minimum absolute atomic E-state index is 0.328. The van der Waals surface area contributed by atoms with Gasteiger partial charge in [-0.15, -0.1) is 0 Å².